The smallest absolute Gasteiger partial charge is 0.336 e. The molecule has 0 unspecified atom stereocenters. The minimum absolute atomic E-state index is 0.266. The van der Waals surface area contributed by atoms with Gasteiger partial charge >= 0.3 is 5.97 Å². The Labute approximate surface area is 121 Å². The number of hydrogen-bond acceptors (Lipinski definition) is 3. The molecule has 0 aliphatic heterocycles. The van der Waals surface area contributed by atoms with Gasteiger partial charge in [0.05, 0.1) is 23.0 Å². The fourth-order valence-electron chi connectivity index (χ4n) is 2.41. The summed E-state index contributed by atoms with van der Waals surface area (Å²) < 4.78 is 1.67. The third-order valence-corrected chi connectivity index (χ3v) is 3.74. The number of aromatic carboxylic acids is 1. The maximum absolute atomic E-state index is 11.6. The average molecular weight is 281 g/mol. The van der Waals surface area contributed by atoms with Gasteiger partial charge in [-0.2, -0.15) is 5.10 Å². The number of aryl methyl sites for hydroxylation is 3. The second-order valence-corrected chi connectivity index (χ2v) is 5.17. The van der Waals surface area contributed by atoms with Crippen LogP contribution in [0.3, 0.4) is 0 Å². The standard InChI is InChI=1S/C16H15N3O2/c1-9-4-5-12-13(16(20)21)6-14(18-15(12)10(9)2)11-7-17-19(3)8-11/h4-8H,1-3H3,(H,20,21). The van der Waals surface area contributed by atoms with Crippen molar-refractivity contribution in [2.45, 2.75) is 13.8 Å². The van der Waals surface area contributed by atoms with Crippen LogP contribution in [0.15, 0.2) is 30.6 Å². The Balaban J connectivity index is 2.38. The van der Waals surface area contributed by atoms with Crippen molar-refractivity contribution in [2.75, 3.05) is 0 Å². The van der Waals surface area contributed by atoms with Crippen LogP contribution in [0.4, 0.5) is 0 Å². The molecule has 3 rings (SSSR count). The van der Waals surface area contributed by atoms with E-state index in [0.717, 1.165) is 22.2 Å². The van der Waals surface area contributed by atoms with Crippen molar-refractivity contribution >= 4 is 16.9 Å². The fraction of sp³-hybridized carbons (Fsp3) is 0.188. The van der Waals surface area contributed by atoms with E-state index in [4.69, 9.17) is 0 Å². The zero-order valence-corrected chi connectivity index (χ0v) is 12.1. The summed E-state index contributed by atoms with van der Waals surface area (Å²) in [6.45, 7) is 3.96. The molecule has 0 aliphatic carbocycles. The summed E-state index contributed by atoms with van der Waals surface area (Å²) >= 11 is 0. The largest absolute Gasteiger partial charge is 0.478 e. The normalized spacial score (nSPS) is 11.0. The zero-order chi connectivity index (χ0) is 15.1. The summed E-state index contributed by atoms with van der Waals surface area (Å²) in [5.41, 5.74) is 4.52. The van der Waals surface area contributed by atoms with E-state index in [9.17, 15) is 9.90 Å². The van der Waals surface area contributed by atoms with Crippen LogP contribution in [0.25, 0.3) is 22.2 Å². The van der Waals surface area contributed by atoms with Gasteiger partial charge in [0, 0.05) is 24.2 Å². The number of nitrogens with zero attached hydrogens (tertiary/aromatic N) is 3. The van der Waals surface area contributed by atoms with E-state index in [0.29, 0.717) is 11.1 Å². The molecule has 0 fully saturated rings. The molecule has 5 heteroatoms. The molecule has 0 bridgehead atoms. The topological polar surface area (TPSA) is 68.0 Å². The monoisotopic (exact) mass is 281 g/mol. The highest BCUT2D eigenvalue weighted by atomic mass is 16.4. The Hall–Kier alpha value is -2.69. The number of aromatic nitrogens is 3. The van der Waals surface area contributed by atoms with Crippen LogP contribution in [0.5, 0.6) is 0 Å². The lowest BCUT2D eigenvalue weighted by Gasteiger charge is -2.09. The number of rotatable bonds is 2. The van der Waals surface area contributed by atoms with Crippen molar-refractivity contribution in [3.05, 3.63) is 47.3 Å². The first kappa shape index (κ1) is 13.3. The molecule has 3 aromatic rings. The first-order valence-corrected chi connectivity index (χ1v) is 6.60. The van der Waals surface area contributed by atoms with Crippen LogP contribution in [0, 0.1) is 13.8 Å². The number of carbonyl (C=O) groups is 1. The summed E-state index contributed by atoms with van der Waals surface area (Å²) in [5.74, 6) is -0.948. The molecule has 2 aromatic heterocycles. The van der Waals surface area contributed by atoms with Crippen molar-refractivity contribution in [1.82, 2.24) is 14.8 Å². The summed E-state index contributed by atoms with van der Waals surface area (Å²) in [4.78, 5) is 16.2. The van der Waals surface area contributed by atoms with Crippen molar-refractivity contribution in [1.29, 1.82) is 0 Å². The Morgan fingerprint density at radius 3 is 2.67 bits per heavy atom. The number of fused-ring (bicyclic) bond motifs is 1. The highest BCUT2D eigenvalue weighted by Gasteiger charge is 2.15. The van der Waals surface area contributed by atoms with E-state index in [1.54, 1.807) is 16.9 Å². The zero-order valence-electron chi connectivity index (χ0n) is 12.1. The number of benzene rings is 1. The third-order valence-electron chi connectivity index (χ3n) is 3.74. The molecule has 1 aromatic carbocycles. The Morgan fingerprint density at radius 2 is 2.05 bits per heavy atom. The molecule has 0 amide bonds. The molecule has 0 spiro atoms. The highest BCUT2D eigenvalue weighted by molar-refractivity contribution is 6.04. The van der Waals surface area contributed by atoms with Gasteiger partial charge < -0.3 is 5.11 Å². The summed E-state index contributed by atoms with van der Waals surface area (Å²) in [7, 11) is 1.82. The van der Waals surface area contributed by atoms with E-state index in [1.807, 2.05) is 39.2 Å². The molecule has 0 atom stereocenters. The van der Waals surface area contributed by atoms with Gasteiger partial charge in [0.25, 0.3) is 0 Å². The van der Waals surface area contributed by atoms with E-state index < -0.39 is 5.97 Å². The maximum atomic E-state index is 11.6. The Bertz CT molecular complexity index is 865. The predicted octanol–water partition coefficient (Wildman–Crippen LogP) is 2.95. The van der Waals surface area contributed by atoms with E-state index in [2.05, 4.69) is 10.1 Å². The van der Waals surface area contributed by atoms with E-state index in [-0.39, 0.29) is 5.56 Å². The minimum Gasteiger partial charge on any atom is -0.478 e. The van der Waals surface area contributed by atoms with Gasteiger partial charge in [-0.3, -0.25) is 4.68 Å². The molecule has 0 radical (unpaired) electrons. The molecule has 0 saturated carbocycles. The summed E-state index contributed by atoms with van der Waals surface area (Å²) in [5, 5.41) is 14.3. The summed E-state index contributed by atoms with van der Waals surface area (Å²) in [6.07, 6.45) is 3.51. The molecular weight excluding hydrogens is 266 g/mol. The van der Waals surface area contributed by atoms with E-state index in [1.165, 1.54) is 0 Å². The molecular formula is C16H15N3O2. The van der Waals surface area contributed by atoms with Crippen molar-refractivity contribution < 1.29 is 9.90 Å². The van der Waals surface area contributed by atoms with Crippen LogP contribution in [-0.2, 0) is 7.05 Å². The molecule has 1 N–H and O–H groups in total. The van der Waals surface area contributed by atoms with Crippen LogP contribution in [-0.4, -0.2) is 25.8 Å². The predicted molar refractivity (Wildman–Crippen MR) is 80.4 cm³/mol. The SMILES string of the molecule is Cc1ccc2c(C(=O)O)cc(-c3cnn(C)c3)nc2c1C. The van der Waals surface area contributed by atoms with Gasteiger partial charge in [0.2, 0.25) is 0 Å². The van der Waals surface area contributed by atoms with Crippen molar-refractivity contribution in [3.63, 3.8) is 0 Å². The van der Waals surface area contributed by atoms with Gasteiger partial charge in [-0.15, -0.1) is 0 Å². The van der Waals surface area contributed by atoms with Crippen LogP contribution < -0.4 is 0 Å². The number of pyridine rings is 1. The van der Waals surface area contributed by atoms with Gasteiger partial charge in [0.1, 0.15) is 0 Å². The number of carboxylic acids is 1. The Kier molecular flexibility index (Phi) is 2.97. The molecule has 0 saturated heterocycles. The quantitative estimate of drug-likeness (QED) is 0.784. The lowest BCUT2D eigenvalue weighted by molar-refractivity contribution is 0.0699. The fourth-order valence-corrected chi connectivity index (χ4v) is 2.41. The minimum atomic E-state index is -0.948. The van der Waals surface area contributed by atoms with Crippen molar-refractivity contribution in [2.24, 2.45) is 7.05 Å². The van der Waals surface area contributed by atoms with Crippen LogP contribution >= 0.6 is 0 Å². The van der Waals surface area contributed by atoms with Gasteiger partial charge in [-0.05, 0) is 31.0 Å². The van der Waals surface area contributed by atoms with Gasteiger partial charge in [0.15, 0.2) is 0 Å². The lowest BCUT2D eigenvalue weighted by atomic mass is 10.00. The van der Waals surface area contributed by atoms with Crippen LogP contribution in [0.1, 0.15) is 21.5 Å². The first-order valence-electron chi connectivity index (χ1n) is 6.60. The maximum Gasteiger partial charge on any atom is 0.336 e. The molecule has 21 heavy (non-hydrogen) atoms. The second-order valence-electron chi connectivity index (χ2n) is 5.17. The second kappa shape index (κ2) is 4.70. The molecule has 106 valence electrons. The Morgan fingerprint density at radius 1 is 1.29 bits per heavy atom. The molecule has 0 aliphatic rings. The average Bonchev–Trinajstić information content (AvgIpc) is 2.88. The third kappa shape index (κ3) is 2.16. The van der Waals surface area contributed by atoms with Gasteiger partial charge in [-0.25, -0.2) is 9.78 Å². The first-order chi connectivity index (χ1) is 9.97. The molecule has 5 nitrogen and oxygen atoms in total. The van der Waals surface area contributed by atoms with Crippen molar-refractivity contribution in [3.8, 4) is 11.3 Å². The number of carboxylic acid groups (broad SMARTS) is 1. The number of hydrogen-bond donors (Lipinski definition) is 1. The van der Waals surface area contributed by atoms with Gasteiger partial charge in [-0.1, -0.05) is 12.1 Å². The lowest BCUT2D eigenvalue weighted by Crippen LogP contribution is -2.01. The van der Waals surface area contributed by atoms with Crippen LogP contribution in [0.2, 0.25) is 0 Å². The van der Waals surface area contributed by atoms with E-state index >= 15 is 0 Å². The summed E-state index contributed by atoms with van der Waals surface area (Å²) in [6, 6.07) is 5.35. The highest BCUT2D eigenvalue weighted by Crippen LogP contribution is 2.28. The molecule has 2 heterocycles.